The molecule has 0 saturated heterocycles. The molecule has 0 unspecified atom stereocenters. The van der Waals surface area contributed by atoms with Gasteiger partial charge < -0.3 is 5.11 Å². The van der Waals surface area contributed by atoms with Gasteiger partial charge in [-0.2, -0.15) is 11.3 Å². The molecule has 3 heterocycles. The Balaban J connectivity index is 1.90. The zero-order chi connectivity index (χ0) is 25.4. The Bertz CT molecular complexity index is 1800. The Morgan fingerprint density at radius 3 is 2.53 bits per heavy atom. The smallest absolute Gasteiger partial charge is 0.328 e. The van der Waals surface area contributed by atoms with E-state index in [1.165, 1.54) is 32.7 Å². The van der Waals surface area contributed by atoms with E-state index in [0.29, 0.717) is 42.5 Å². The molecule has 5 aromatic rings. The molecular weight excluding hydrogens is 513 g/mol. The Kier molecular flexibility index (Phi) is 6.10. The van der Waals surface area contributed by atoms with Gasteiger partial charge in [-0.3, -0.25) is 0 Å². The molecule has 0 spiro atoms. The predicted molar refractivity (Wildman–Crippen MR) is 145 cm³/mol. The fourth-order valence-electron chi connectivity index (χ4n) is 4.07. The van der Waals surface area contributed by atoms with Crippen LogP contribution in [0.1, 0.15) is 10.4 Å². The van der Waals surface area contributed by atoms with Crippen LogP contribution in [0.15, 0.2) is 83.1 Å². The number of aromatic nitrogens is 1. The summed E-state index contributed by atoms with van der Waals surface area (Å²) in [4.78, 5) is 16.2. The average Bonchev–Trinajstić information content (AvgIpc) is 3.59. The molecule has 0 saturated carbocycles. The van der Waals surface area contributed by atoms with Crippen LogP contribution in [-0.4, -0.2) is 23.5 Å². The second-order valence-corrected chi connectivity index (χ2v) is 11.7. The molecule has 0 atom stereocenters. The van der Waals surface area contributed by atoms with Crippen molar-refractivity contribution >= 4 is 60.6 Å². The van der Waals surface area contributed by atoms with Crippen molar-refractivity contribution in [1.29, 1.82) is 0 Å². The third-order valence-corrected chi connectivity index (χ3v) is 9.25. The van der Waals surface area contributed by atoms with Gasteiger partial charge in [0, 0.05) is 27.5 Å². The number of fused-ring (bicyclic) bond motifs is 1. The number of carbonyl (C=O) groups is 1. The summed E-state index contributed by atoms with van der Waals surface area (Å²) in [5.74, 6) is -1.07. The number of nitrogens with zero attached hydrogens (tertiary/aromatic N) is 2. The quantitative estimate of drug-likeness (QED) is 0.185. The molecule has 0 aliphatic rings. The van der Waals surface area contributed by atoms with Gasteiger partial charge in [0.15, 0.2) is 0 Å². The third-order valence-electron chi connectivity index (χ3n) is 5.66. The van der Waals surface area contributed by atoms with Crippen LogP contribution in [0.25, 0.3) is 43.5 Å². The van der Waals surface area contributed by atoms with Crippen molar-refractivity contribution < 1.29 is 18.3 Å². The number of aryl methyl sites for hydroxylation is 1. The summed E-state index contributed by atoms with van der Waals surface area (Å²) in [5, 5.41) is 12.0. The summed E-state index contributed by atoms with van der Waals surface area (Å²) in [6.45, 7) is 9.56. The highest BCUT2D eigenvalue weighted by Crippen LogP contribution is 2.48. The van der Waals surface area contributed by atoms with E-state index in [4.69, 9.17) is 11.7 Å². The third kappa shape index (κ3) is 4.05. The van der Waals surface area contributed by atoms with Crippen molar-refractivity contribution in [1.82, 2.24) is 3.97 Å². The van der Waals surface area contributed by atoms with E-state index in [-0.39, 0.29) is 4.90 Å². The second-order valence-electron chi connectivity index (χ2n) is 7.95. The molecule has 178 valence electrons. The lowest BCUT2D eigenvalue weighted by Crippen LogP contribution is -2.14. The van der Waals surface area contributed by atoms with E-state index >= 15 is 0 Å². The first-order valence-electron chi connectivity index (χ1n) is 10.7. The summed E-state index contributed by atoms with van der Waals surface area (Å²) < 4.78 is 29.6. The lowest BCUT2D eigenvalue weighted by atomic mass is 10.0. The summed E-state index contributed by atoms with van der Waals surface area (Å²) >= 11 is 2.59. The molecule has 0 radical (unpaired) electrons. The van der Waals surface area contributed by atoms with E-state index in [1.807, 2.05) is 30.5 Å². The molecule has 6 nitrogen and oxygen atoms in total. The number of para-hydroxylation sites is 1. The van der Waals surface area contributed by atoms with Crippen LogP contribution < -0.4 is 0 Å². The van der Waals surface area contributed by atoms with Gasteiger partial charge in [-0.25, -0.2) is 22.0 Å². The largest absolute Gasteiger partial charge is 0.478 e. The lowest BCUT2D eigenvalue weighted by Gasteiger charge is -2.13. The molecule has 3 aromatic heterocycles. The maximum Gasteiger partial charge on any atom is 0.328 e. The van der Waals surface area contributed by atoms with Crippen molar-refractivity contribution in [2.24, 2.45) is 0 Å². The SMILES string of the molecule is [C-]#[N+]c1sccc1-c1c(-c2ccc(/C=C/C(=O)O)s2)n(S(=O)(=O)c2ccc(C)cc2)c2ccccc12. The van der Waals surface area contributed by atoms with Gasteiger partial charge in [-0.1, -0.05) is 42.0 Å². The van der Waals surface area contributed by atoms with Crippen LogP contribution in [0.2, 0.25) is 0 Å². The molecule has 0 fully saturated rings. The molecule has 0 aliphatic carbocycles. The standard InChI is InChI=1S/C27H18N2O4S3/c1-17-7-11-19(12-8-17)36(32,33)29-22-6-4-3-5-20(22)25(21-15-16-34-27(21)28-2)26(29)23-13-9-18(35-23)10-14-24(30)31/h3-16H,1H3,(H,30,31)/b14-10+. The van der Waals surface area contributed by atoms with Gasteiger partial charge in [0.1, 0.15) is 0 Å². The summed E-state index contributed by atoms with van der Waals surface area (Å²) in [6.07, 6.45) is 2.53. The number of aliphatic carboxylic acids is 1. The monoisotopic (exact) mass is 530 g/mol. The van der Waals surface area contributed by atoms with Crippen molar-refractivity contribution in [2.45, 2.75) is 11.8 Å². The number of benzene rings is 2. The topological polar surface area (TPSA) is 80.7 Å². The molecule has 5 rings (SSSR count). The lowest BCUT2D eigenvalue weighted by molar-refractivity contribution is -0.131. The highest BCUT2D eigenvalue weighted by atomic mass is 32.2. The number of carboxylic acids is 1. The zero-order valence-electron chi connectivity index (χ0n) is 18.9. The van der Waals surface area contributed by atoms with E-state index in [2.05, 4.69) is 4.85 Å². The Labute approximate surface area is 215 Å². The summed E-state index contributed by atoms with van der Waals surface area (Å²) in [7, 11) is -4.03. The number of carboxylic acid groups (broad SMARTS) is 1. The second kappa shape index (κ2) is 9.24. The highest BCUT2D eigenvalue weighted by Gasteiger charge is 2.30. The first kappa shape index (κ1) is 23.8. The fraction of sp³-hybridized carbons (Fsp3) is 0.0370. The Hall–Kier alpha value is -3.97. The van der Waals surface area contributed by atoms with E-state index in [9.17, 15) is 13.2 Å². The first-order chi connectivity index (χ1) is 17.3. The Morgan fingerprint density at radius 1 is 1.06 bits per heavy atom. The van der Waals surface area contributed by atoms with Gasteiger partial charge in [-0.15, -0.1) is 11.3 Å². The van der Waals surface area contributed by atoms with Crippen LogP contribution in [0.3, 0.4) is 0 Å². The number of thiophene rings is 2. The maximum absolute atomic E-state index is 14.1. The van der Waals surface area contributed by atoms with Crippen LogP contribution in [-0.2, 0) is 14.8 Å². The average molecular weight is 531 g/mol. The molecular formula is C27H18N2O4S3. The van der Waals surface area contributed by atoms with Crippen molar-refractivity contribution in [3.63, 3.8) is 0 Å². The molecule has 1 N–H and O–H groups in total. The molecule has 36 heavy (non-hydrogen) atoms. The molecule has 0 aliphatic heterocycles. The predicted octanol–water partition coefficient (Wildman–Crippen LogP) is 7.29. The van der Waals surface area contributed by atoms with Crippen LogP contribution in [0.5, 0.6) is 0 Å². The molecule has 0 amide bonds. The molecule has 2 aromatic carbocycles. The van der Waals surface area contributed by atoms with Gasteiger partial charge in [0.25, 0.3) is 10.0 Å². The van der Waals surface area contributed by atoms with E-state index in [1.54, 1.807) is 48.5 Å². The van der Waals surface area contributed by atoms with Gasteiger partial charge in [-0.05, 0) is 48.7 Å². The summed E-state index contributed by atoms with van der Waals surface area (Å²) in [5.41, 5.74) is 3.21. The van der Waals surface area contributed by atoms with Crippen LogP contribution >= 0.6 is 22.7 Å². The highest BCUT2D eigenvalue weighted by molar-refractivity contribution is 7.90. The van der Waals surface area contributed by atoms with E-state index < -0.39 is 16.0 Å². The molecule has 0 bridgehead atoms. The van der Waals surface area contributed by atoms with Gasteiger partial charge in [0.2, 0.25) is 5.00 Å². The van der Waals surface area contributed by atoms with Crippen LogP contribution in [0, 0.1) is 13.5 Å². The van der Waals surface area contributed by atoms with Crippen molar-refractivity contribution in [3.8, 4) is 21.7 Å². The first-order valence-corrected chi connectivity index (χ1v) is 13.9. The normalized spacial score (nSPS) is 11.8. The van der Waals surface area contributed by atoms with Gasteiger partial charge >= 0.3 is 5.97 Å². The number of hydrogen-bond donors (Lipinski definition) is 1. The zero-order valence-corrected chi connectivity index (χ0v) is 21.3. The van der Waals surface area contributed by atoms with Crippen molar-refractivity contribution in [2.75, 3.05) is 0 Å². The van der Waals surface area contributed by atoms with Crippen molar-refractivity contribution in [3.05, 3.63) is 100 Å². The maximum atomic E-state index is 14.1. The minimum absolute atomic E-state index is 0.153. The minimum Gasteiger partial charge on any atom is -0.478 e. The minimum atomic E-state index is -4.03. The van der Waals surface area contributed by atoms with E-state index in [0.717, 1.165) is 11.6 Å². The number of rotatable bonds is 6. The van der Waals surface area contributed by atoms with Gasteiger partial charge in [0.05, 0.1) is 27.6 Å². The summed E-state index contributed by atoms with van der Waals surface area (Å²) in [6, 6.07) is 19.3. The number of hydrogen-bond acceptors (Lipinski definition) is 5. The Morgan fingerprint density at radius 2 is 1.81 bits per heavy atom. The molecule has 9 heteroatoms. The fourth-order valence-corrected chi connectivity index (χ4v) is 7.31. The van der Waals surface area contributed by atoms with Crippen LogP contribution in [0.4, 0.5) is 5.00 Å².